The second-order valence-electron chi connectivity index (χ2n) is 4.63. The lowest BCUT2D eigenvalue weighted by Crippen LogP contribution is -2.29. The number of aliphatic hydroxyl groups is 1. The Morgan fingerprint density at radius 3 is 2.73 bits per heavy atom. The number of sulfonamides is 1. The zero-order valence-corrected chi connectivity index (χ0v) is 13.2. The van der Waals surface area contributed by atoms with Crippen molar-refractivity contribution in [2.45, 2.75) is 17.9 Å². The van der Waals surface area contributed by atoms with Crippen molar-refractivity contribution >= 4 is 27.0 Å². The molecule has 0 saturated carbocycles. The van der Waals surface area contributed by atoms with Crippen molar-refractivity contribution in [1.29, 1.82) is 0 Å². The number of aryl methyl sites for hydroxylation is 1. The first kappa shape index (κ1) is 16.6. The van der Waals surface area contributed by atoms with E-state index in [9.17, 15) is 23.6 Å². The van der Waals surface area contributed by atoms with Crippen LogP contribution >= 0.6 is 11.3 Å². The average Bonchev–Trinajstić information content (AvgIpc) is 2.99. The van der Waals surface area contributed by atoms with Crippen molar-refractivity contribution in [3.63, 3.8) is 0 Å². The van der Waals surface area contributed by atoms with Crippen LogP contribution in [0.25, 0.3) is 0 Å². The molecule has 0 saturated heterocycles. The average molecular weight is 342 g/mol. The molecule has 0 aliphatic heterocycles. The molecular formula is C13H14N2O5S2. The molecule has 0 aliphatic rings. The van der Waals surface area contributed by atoms with Crippen molar-refractivity contribution < 1.29 is 18.4 Å². The highest BCUT2D eigenvalue weighted by molar-refractivity contribution is 7.89. The summed E-state index contributed by atoms with van der Waals surface area (Å²) in [7, 11) is -3.94. The fraction of sp³-hybridized carbons (Fsp3) is 0.231. The van der Waals surface area contributed by atoms with E-state index >= 15 is 0 Å². The summed E-state index contributed by atoms with van der Waals surface area (Å²) in [5.41, 5.74) is 0.705. The normalized spacial score (nSPS) is 13.0. The third kappa shape index (κ3) is 3.69. The Balaban J connectivity index is 2.20. The van der Waals surface area contributed by atoms with Crippen molar-refractivity contribution in [2.24, 2.45) is 0 Å². The Kier molecular flexibility index (Phi) is 4.91. The maximum absolute atomic E-state index is 12.3. The zero-order chi connectivity index (χ0) is 16.3. The molecule has 1 aromatic heterocycles. The molecule has 22 heavy (non-hydrogen) atoms. The molecule has 0 spiro atoms. The van der Waals surface area contributed by atoms with Gasteiger partial charge in [0.1, 0.15) is 0 Å². The van der Waals surface area contributed by atoms with E-state index in [4.69, 9.17) is 0 Å². The maximum Gasteiger partial charge on any atom is 0.270 e. The molecule has 118 valence electrons. The second-order valence-corrected chi connectivity index (χ2v) is 7.15. The maximum atomic E-state index is 12.3. The molecule has 1 unspecified atom stereocenters. The lowest BCUT2D eigenvalue weighted by molar-refractivity contribution is -0.385. The van der Waals surface area contributed by atoms with Crippen LogP contribution in [0.4, 0.5) is 5.69 Å². The number of nitrogens with one attached hydrogen (secondary N) is 1. The van der Waals surface area contributed by atoms with Gasteiger partial charge in [-0.3, -0.25) is 10.1 Å². The first-order valence-corrected chi connectivity index (χ1v) is 8.69. The van der Waals surface area contributed by atoms with Crippen LogP contribution in [0.3, 0.4) is 0 Å². The van der Waals surface area contributed by atoms with E-state index in [-0.39, 0.29) is 17.1 Å². The van der Waals surface area contributed by atoms with Crippen LogP contribution in [-0.4, -0.2) is 25.0 Å². The number of rotatable bonds is 6. The Hall–Kier alpha value is -1.81. The summed E-state index contributed by atoms with van der Waals surface area (Å²) in [6.45, 7) is 1.34. The minimum absolute atomic E-state index is 0.167. The smallest absolute Gasteiger partial charge is 0.270 e. The van der Waals surface area contributed by atoms with Crippen LogP contribution < -0.4 is 4.72 Å². The third-order valence-corrected chi connectivity index (χ3v) is 5.33. The van der Waals surface area contributed by atoms with Gasteiger partial charge in [0.15, 0.2) is 0 Å². The minimum Gasteiger partial charge on any atom is -0.387 e. The molecule has 1 atom stereocenters. The first-order chi connectivity index (χ1) is 10.3. The van der Waals surface area contributed by atoms with Crippen LogP contribution in [0.5, 0.6) is 0 Å². The molecule has 0 radical (unpaired) electrons. The highest BCUT2D eigenvalue weighted by atomic mass is 32.2. The fourth-order valence-electron chi connectivity index (χ4n) is 1.84. The predicted molar refractivity (Wildman–Crippen MR) is 82.3 cm³/mol. The van der Waals surface area contributed by atoms with E-state index in [1.807, 2.05) is 0 Å². The van der Waals surface area contributed by atoms with Gasteiger partial charge in [0, 0.05) is 18.7 Å². The van der Waals surface area contributed by atoms with E-state index in [0.717, 1.165) is 6.07 Å². The van der Waals surface area contributed by atoms with Crippen LogP contribution in [0.1, 0.15) is 17.2 Å². The quantitative estimate of drug-likeness (QED) is 0.616. The van der Waals surface area contributed by atoms with Crippen molar-refractivity contribution in [1.82, 2.24) is 4.72 Å². The predicted octanol–water partition coefficient (Wildman–Crippen LogP) is 1.98. The topological polar surface area (TPSA) is 110 Å². The van der Waals surface area contributed by atoms with E-state index in [1.165, 1.54) is 23.5 Å². The summed E-state index contributed by atoms with van der Waals surface area (Å²) in [5, 5.41) is 24.2. The number of thiophene rings is 1. The van der Waals surface area contributed by atoms with Gasteiger partial charge in [-0.25, -0.2) is 13.1 Å². The monoisotopic (exact) mass is 342 g/mol. The number of nitrogens with zero attached hydrogens (tertiary/aromatic N) is 1. The number of hydrogen-bond acceptors (Lipinski definition) is 6. The molecule has 0 fully saturated rings. The highest BCUT2D eigenvalue weighted by Crippen LogP contribution is 2.22. The van der Waals surface area contributed by atoms with Gasteiger partial charge in [-0.1, -0.05) is 6.07 Å². The minimum atomic E-state index is -3.94. The van der Waals surface area contributed by atoms with E-state index in [1.54, 1.807) is 23.8 Å². The van der Waals surface area contributed by atoms with Crippen molar-refractivity contribution in [3.05, 3.63) is 56.3 Å². The zero-order valence-electron chi connectivity index (χ0n) is 11.6. The number of nitro benzene ring substituents is 1. The van der Waals surface area contributed by atoms with Gasteiger partial charge in [-0.2, -0.15) is 11.3 Å². The van der Waals surface area contributed by atoms with Gasteiger partial charge in [-0.15, -0.1) is 0 Å². The molecule has 7 nitrogen and oxygen atoms in total. The molecule has 9 heteroatoms. The van der Waals surface area contributed by atoms with E-state index < -0.39 is 21.1 Å². The summed E-state index contributed by atoms with van der Waals surface area (Å²) in [4.78, 5) is 9.94. The Morgan fingerprint density at radius 2 is 2.14 bits per heavy atom. The molecule has 1 aromatic carbocycles. The molecular weight excluding hydrogens is 328 g/mol. The van der Waals surface area contributed by atoms with Crippen LogP contribution in [0.15, 0.2) is 39.9 Å². The van der Waals surface area contributed by atoms with Gasteiger partial charge < -0.3 is 5.11 Å². The lowest BCUT2D eigenvalue weighted by atomic mass is 10.2. The summed E-state index contributed by atoms with van der Waals surface area (Å²) < 4.78 is 26.8. The van der Waals surface area contributed by atoms with Crippen LogP contribution in [-0.2, 0) is 10.0 Å². The van der Waals surface area contributed by atoms with Crippen molar-refractivity contribution in [2.75, 3.05) is 6.54 Å². The van der Waals surface area contributed by atoms with Gasteiger partial charge >= 0.3 is 0 Å². The summed E-state index contributed by atoms with van der Waals surface area (Å²) in [6.07, 6.45) is -0.972. The Morgan fingerprint density at radius 1 is 1.41 bits per heavy atom. The molecule has 0 aliphatic carbocycles. The third-order valence-electron chi connectivity index (χ3n) is 3.07. The van der Waals surface area contributed by atoms with Crippen LogP contribution in [0.2, 0.25) is 0 Å². The van der Waals surface area contributed by atoms with Gasteiger partial charge in [0.05, 0.1) is 15.9 Å². The van der Waals surface area contributed by atoms with E-state index in [0.29, 0.717) is 11.1 Å². The number of non-ortho nitro benzene ring substituents is 1. The largest absolute Gasteiger partial charge is 0.387 e. The molecule has 0 amide bonds. The lowest BCUT2D eigenvalue weighted by Gasteiger charge is -2.12. The molecule has 2 aromatic rings. The molecule has 2 N–H and O–H groups in total. The number of hydrogen-bond donors (Lipinski definition) is 2. The second kappa shape index (κ2) is 6.53. The Labute approximate surface area is 131 Å². The fourth-order valence-corrected chi connectivity index (χ4v) is 3.85. The first-order valence-electron chi connectivity index (χ1n) is 6.26. The number of aliphatic hydroxyl groups excluding tert-OH is 1. The van der Waals surface area contributed by atoms with Crippen molar-refractivity contribution in [3.8, 4) is 0 Å². The van der Waals surface area contributed by atoms with Gasteiger partial charge in [0.25, 0.3) is 5.69 Å². The molecule has 0 bridgehead atoms. The van der Waals surface area contributed by atoms with E-state index in [2.05, 4.69) is 4.72 Å². The Bertz CT molecular complexity index is 772. The standard InChI is InChI=1S/C13H14N2O5S2/c1-9-2-3-11(15(17)18)6-13(9)22(19,20)14-7-12(16)10-4-5-21-8-10/h2-6,8,12,14,16H,7H2,1H3. The molecule has 2 rings (SSSR count). The number of nitro groups is 1. The highest BCUT2D eigenvalue weighted by Gasteiger charge is 2.21. The summed E-state index contributed by atoms with van der Waals surface area (Å²) in [5.74, 6) is 0. The van der Waals surface area contributed by atoms with Crippen LogP contribution in [0, 0.1) is 17.0 Å². The summed E-state index contributed by atoms with van der Waals surface area (Å²) in [6, 6.07) is 5.33. The van der Waals surface area contributed by atoms with Gasteiger partial charge in [-0.05, 0) is 34.9 Å². The number of benzene rings is 1. The summed E-state index contributed by atoms with van der Waals surface area (Å²) >= 11 is 1.39. The van der Waals surface area contributed by atoms with Gasteiger partial charge in [0.2, 0.25) is 10.0 Å². The molecule has 1 heterocycles. The SMILES string of the molecule is Cc1ccc([N+](=O)[O-])cc1S(=O)(=O)NCC(O)c1ccsc1.